The zero-order chi connectivity index (χ0) is 16.4. The summed E-state index contributed by atoms with van der Waals surface area (Å²) >= 11 is 0. The lowest BCUT2D eigenvalue weighted by Gasteiger charge is -2.21. The summed E-state index contributed by atoms with van der Waals surface area (Å²) in [6, 6.07) is 8.47. The summed E-state index contributed by atoms with van der Waals surface area (Å²) in [6.45, 7) is 0.923. The number of ether oxygens (including phenoxy) is 1. The predicted molar refractivity (Wildman–Crippen MR) is 87.6 cm³/mol. The predicted octanol–water partition coefficient (Wildman–Crippen LogP) is 1.81. The molecule has 1 aliphatic heterocycles. The van der Waals surface area contributed by atoms with E-state index in [9.17, 15) is 8.42 Å². The number of sulfonamides is 1. The summed E-state index contributed by atoms with van der Waals surface area (Å²) in [6.07, 6.45) is 3.33. The SMILES string of the molecule is CN(Cc1ccc(N)nc1)S(=O)(=O)c1ccc2c(c1)CCCO2. The van der Waals surface area contributed by atoms with Crippen LogP contribution in [0.5, 0.6) is 5.75 Å². The van der Waals surface area contributed by atoms with Crippen LogP contribution in [0, 0.1) is 0 Å². The van der Waals surface area contributed by atoms with Crippen molar-refractivity contribution in [3.63, 3.8) is 0 Å². The quantitative estimate of drug-likeness (QED) is 0.922. The first kappa shape index (κ1) is 15.8. The molecule has 0 bridgehead atoms. The standard InChI is InChI=1S/C16H19N3O3S/c1-19(11-12-4-7-16(17)18-10-12)23(20,21)14-5-6-15-13(9-14)3-2-8-22-15/h4-7,9-10H,2-3,8,11H2,1H3,(H2,17,18). The third-order valence-corrected chi connectivity index (χ3v) is 5.64. The lowest BCUT2D eigenvalue weighted by Crippen LogP contribution is -2.26. The second-order valence-corrected chi connectivity index (χ2v) is 7.62. The molecule has 2 N–H and O–H groups in total. The summed E-state index contributed by atoms with van der Waals surface area (Å²) in [4.78, 5) is 4.27. The maximum absolute atomic E-state index is 12.7. The van der Waals surface area contributed by atoms with Gasteiger partial charge in [0, 0.05) is 19.8 Å². The molecule has 23 heavy (non-hydrogen) atoms. The van der Waals surface area contributed by atoms with E-state index in [1.165, 1.54) is 4.31 Å². The Bertz CT molecular complexity index is 804. The Labute approximate surface area is 136 Å². The van der Waals surface area contributed by atoms with Crippen LogP contribution in [-0.4, -0.2) is 31.4 Å². The van der Waals surface area contributed by atoms with Gasteiger partial charge in [-0.25, -0.2) is 13.4 Å². The van der Waals surface area contributed by atoms with Crippen molar-refractivity contribution >= 4 is 15.8 Å². The van der Waals surface area contributed by atoms with Crippen molar-refractivity contribution in [2.45, 2.75) is 24.3 Å². The lowest BCUT2D eigenvalue weighted by molar-refractivity contribution is 0.288. The monoisotopic (exact) mass is 333 g/mol. The Morgan fingerprint density at radius 2 is 2.13 bits per heavy atom. The molecule has 0 spiro atoms. The molecule has 0 aliphatic carbocycles. The Morgan fingerprint density at radius 1 is 1.30 bits per heavy atom. The number of aryl methyl sites for hydroxylation is 1. The number of benzene rings is 1. The van der Waals surface area contributed by atoms with Crippen LogP contribution >= 0.6 is 0 Å². The number of hydrogen-bond donors (Lipinski definition) is 1. The minimum Gasteiger partial charge on any atom is -0.493 e. The number of rotatable bonds is 4. The average molecular weight is 333 g/mol. The summed E-state index contributed by atoms with van der Waals surface area (Å²) in [5.74, 6) is 1.19. The lowest BCUT2D eigenvalue weighted by atomic mass is 10.1. The topological polar surface area (TPSA) is 85.5 Å². The third-order valence-electron chi connectivity index (χ3n) is 3.84. The highest BCUT2D eigenvalue weighted by Crippen LogP contribution is 2.28. The maximum atomic E-state index is 12.7. The van der Waals surface area contributed by atoms with E-state index in [0.29, 0.717) is 12.4 Å². The van der Waals surface area contributed by atoms with Gasteiger partial charge in [0.05, 0.1) is 11.5 Å². The highest BCUT2D eigenvalue weighted by atomic mass is 32.2. The van der Waals surface area contributed by atoms with E-state index in [2.05, 4.69) is 4.98 Å². The van der Waals surface area contributed by atoms with Crippen molar-refractivity contribution in [2.24, 2.45) is 0 Å². The van der Waals surface area contributed by atoms with Crippen molar-refractivity contribution in [1.82, 2.24) is 9.29 Å². The van der Waals surface area contributed by atoms with E-state index in [4.69, 9.17) is 10.5 Å². The smallest absolute Gasteiger partial charge is 0.243 e. The van der Waals surface area contributed by atoms with Gasteiger partial charge in [-0.2, -0.15) is 4.31 Å². The largest absolute Gasteiger partial charge is 0.493 e. The fourth-order valence-electron chi connectivity index (χ4n) is 2.55. The molecule has 1 aromatic carbocycles. The third kappa shape index (κ3) is 3.30. The molecule has 1 aromatic heterocycles. The fraction of sp³-hybridized carbons (Fsp3) is 0.312. The van der Waals surface area contributed by atoms with Crippen molar-refractivity contribution in [3.05, 3.63) is 47.7 Å². The molecule has 3 rings (SSSR count). The summed E-state index contributed by atoms with van der Waals surface area (Å²) < 4.78 is 32.3. The van der Waals surface area contributed by atoms with Gasteiger partial charge in [0.15, 0.2) is 0 Å². The van der Waals surface area contributed by atoms with Gasteiger partial charge in [-0.05, 0) is 48.2 Å². The van der Waals surface area contributed by atoms with Crippen LogP contribution in [0.25, 0.3) is 0 Å². The average Bonchev–Trinajstić information content (AvgIpc) is 2.56. The van der Waals surface area contributed by atoms with E-state index in [1.807, 2.05) is 0 Å². The van der Waals surface area contributed by atoms with Crippen LogP contribution in [0.15, 0.2) is 41.4 Å². The molecular formula is C16H19N3O3S. The molecule has 7 heteroatoms. The van der Waals surface area contributed by atoms with Gasteiger partial charge in [-0.1, -0.05) is 6.07 Å². The van der Waals surface area contributed by atoms with E-state index >= 15 is 0 Å². The van der Waals surface area contributed by atoms with Gasteiger partial charge < -0.3 is 10.5 Å². The summed E-state index contributed by atoms with van der Waals surface area (Å²) in [5.41, 5.74) is 7.27. The molecule has 0 saturated heterocycles. The number of nitrogens with zero attached hydrogens (tertiary/aromatic N) is 2. The van der Waals surface area contributed by atoms with Crippen LogP contribution in [0.1, 0.15) is 17.5 Å². The van der Waals surface area contributed by atoms with Crippen molar-refractivity contribution < 1.29 is 13.2 Å². The highest BCUT2D eigenvalue weighted by molar-refractivity contribution is 7.89. The molecule has 122 valence electrons. The molecule has 1 aliphatic rings. The number of pyridine rings is 1. The van der Waals surface area contributed by atoms with Crippen LogP contribution in [0.4, 0.5) is 5.82 Å². The maximum Gasteiger partial charge on any atom is 0.243 e. The van der Waals surface area contributed by atoms with Crippen LogP contribution in [0.3, 0.4) is 0 Å². The van der Waals surface area contributed by atoms with E-state index in [1.54, 1.807) is 43.6 Å². The van der Waals surface area contributed by atoms with Gasteiger partial charge in [0.25, 0.3) is 0 Å². The van der Waals surface area contributed by atoms with Crippen molar-refractivity contribution in [3.8, 4) is 5.75 Å². The van der Waals surface area contributed by atoms with Gasteiger partial charge in [0.1, 0.15) is 11.6 Å². The Kier molecular flexibility index (Phi) is 4.23. The fourth-order valence-corrected chi connectivity index (χ4v) is 3.76. The van der Waals surface area contributed by atoms with E-state index < -0.39 is 10.0 Å². The normalized spacial score (nSPS) is 14.3. The highest BCUT2D eigenvalue weighted by Gasteiger charge is 2.23. The number of nitrogens with two attached hydrogens (primary N) is 1. The minimum atomic E-state index is -3.56. The van der Waals surface area contributed by atoms with Crippen LogP contribution in [-0.2, 0) is 23.0 Å². The zero-order valence-electron chi connectivity index (χ0n) is 12.9. The number of hydrogen-bond acceptors (Lipinski definition) is 5. The van der Waals surface area contributed by atoms with Gasteiger partial charge >= 0.3 is 0 Å². The molecular weight excluding hydrogens is 314 g/mol. The molecule has 6 nitrogen and oxygen atoms in total. The van der Waals surface area contributed by atoms with Crippen LogP contribution in [0.2, 0.25) is 0 Å². The van der Waals surface area contributed by atoms with Crippen molar-refractivity contribution in [2.75, 3.05) is 19.4 Å². The van der Waals surface area contributed by atoms with E-state index in [-0.39, 0.29) is 11.4 Å². The first-order chi connectivity index (χ1) is 11.0. The van der Waals surface area contributed by atoms with E-state index in [0.717, 1.165) is 29.7 Å². The van der Waals surface area contributed by atoms with Gasteiger partial charge in [0.2, 0.25) is 10.0 Å². The van der Waals surface area contributed by atoms with Crippen molar-refractivity contribution in [1.29, 1.82) is 0 Å². The molecule has 0 radical (unpaired) electrons. The molecule has 0 saturated carbocycles. The first-order valence-corrected chi connectivity index (χ1v) is 8.83. The number of fused-ring (bicyclic) bond motifs is 1. The Hall–Kier alpha value is -2.12. The molecule has 0 atom stereocenters. The Morgan fingerprint density at radius 3 is 2.87 bits per heavy atom. The number of anilines is 1. The molecule has 0 unspecified atom stereocenters. The zero-order valence-corrected chi connectivity index (χ0v) is 13.7. The van der Waals surface area contributed by atoms with Gasteiger partial charge in [-0.15, -0.1) is 0 Å². The summed E-state index contributed by atoms with van der Waals surface area (Å²) in [5, 5.41) is 0. The first-order valence-electron chi connectivity index (χ1n) is 7.39. The molecule has 2 aromatic rings. The summed E-state index contributed by atoms with van der Waals surface area (Å²) in [7, 11) is -2.00. The van der Waals surface area contributed by atoms with Crippen LogP contribution < -0.4 is 10.5 Å². The molecule has 2 heterocycles. The number of aromatic nitrogens is 1. The Balaban J connectivity index is 1.84. The number of nitrogen functional groups attached to an aromatic ring is 1. The van der Waals surface area contributed by atoms with Gasteiger partial charge in [-0.3, -0.25) is 0 Å². The minimum absolute atomic E-state index is 0.239. The molecule has 0 fully saturated rings. The molecule has 0 amide bonds. The second kappa shape index (κ2) is 6.17. The second-order valence-electron chi connectivity index (χ2n) is 5.57.